The summed E-state index contributed by atoms with van der Waals surface area (Å²) < 4.78 is 43.3. The molecule has 0 saturated carbocycles. The highest BCUT2D eigenvalue weighted by molar-refractivity contribution is 7.98. The summed E-state index contributed by atoms with van der Waals surface area (Å²) >= 11 is 1.29. The van der Waals surface area contributed by atoms with E-state index in [9.17, 15) is 13.2 Å². The van der Waals surface area contributed by atoms with Gasteiger partial charge in [-0.05, 0) is 18.2 Å². The summed E-state index contributed by atoms with van der Waals surface area (Å²) in [6.07, 6.45) is -4.38. The molecule has 1 aromatic carbocycles. The first-order valence-corrected chi connectivity index (χ1v) is 8.14. The van der Waals surface area contributed by atoms with Gasteiger partial charge in [0.2, 0.25) is 5.89 Å². The Labute approximate surface area is 140 Å². The molecule has 0 aliphatic heterocycles. The van der Waals surface area contributed by atoms with Crippen LogP contribution < -0.4 is 0 Å². The van der Waals surface area contributed by atoms with E-state index in [0.717, 1.165) is 12.1 Å². The van der Waals surface area contributed by atoms with Gasteiger partial charge in [-0.2, -0.15) is 18.2 Å². The van der Waals surface area contributed by atoms with Crippen LogP contribution in [-0.4, -0.2) is 20.1 Å². The van der Waals surface area contributed by atoms with Crippen LogP contribution in [0.4, 0.5) is 13.2 Å². The lowest BCUT2D eigenvalue weighted by molar-refractivity contribution is -0.137. The minimum atomic E-state index is -4.38. The summed E-state index contributed by atoms with van der Waals surface area (Å²) in [5, 5.41) is 4.43. The van der Waals surface area contributed by atoms with Crippen LogP contribution in [0.25, 0.3) is 11.0 Å². The molecule has 2 aromatic heterocycles. The lowest BCUT2D eigenvalue weighted by Crippen LogP contribution is -2.13. The van der Waals surface area contributed by atoms with Crippen molar-refractivity contribution in [1.29, 1.82) is 0 Å². The molecular weight excluding hydrogens is 341 g/mol. The highest BCUT2D eigenvalue weighted by Gasteiger charge is 2.30. The van der Waals surface area contributed by atoms with E-state index in [0.29, 0.717) is 33.7 Å². The second-order valence-corrected chi connectivity index (χ2v) is 7.29. The summed E-state index contributed by atoms with van der Waals surface area (Å²) in [6.45, 7) is 5.94. The van der Waals surface area contributed by atoms with Crippen LogP contribution in [0.5, 0.6) is 0 Å². The van der Waals surface area contributed by atoms with Gasteiger partial charge in [0.05, 0.1) is 22.3 Å². The van der Waals surface area contributed by atoms with Gasteiger partial charge < -0.3 is 9.51 Å². The maximum atomic E-state index is 12.7. The molecule has 0 bridgehead atoms. The van der Waals surface area contributed by atoms with Crippen LogP contribution in [0.1, 0.15) is 38.0 Å². The number of H-pyrrole nitrogens is 1. The maximum Gasteiger partial charge on any atom is 0.416 e. The average molecular weight is 356 g/mol. The first-order valence-electron chi connectivity index (χ1n) is 7.16. The quantitative estimate of drug-likeness (QED) is 0.697. The number of aromatic nitrogens is 4. The number of aromatic amines is 1. The smallest absolute Gasteiger partial charge is 0.338 e. The topological polar surface area (TPSA) is 67.6 Å². The van der Waals surface area contributed by atoms with Crippen molar-refractivity contribution in [1.82, 2.24) is 20.1 Å². The third-order valence-electron chi connectivity index (χ3n) is 3.26. The Kier molecular flexibility index (Phi) is 4.06. The van der Waals surface area contributed by atoms with Gasteiger partial charge in [-0.3, -0.25) is 0 Å². The first-order chi connectivity index (χ1) is 11.1. The normalized spacial score (nSPS) is 12.9. The molecule has 0 saturated heterocycles. The second kappa shape index (κ2) is 5.80. The van der Waals surface area contributed by atoms with Gasteiger partial charge in [-0.1, -0.05) is 37.7 Å². The van der Waals surface area contributed by atoms with Gasteiger partial charge in [-0.25, -0.2) is 4.98 Å². The van der Waals surface area contributed by atoms with E-state index in [1.807, 2.05) is 20.8 Å². The highest BCUT2D eigenvalue weighted by atomic mass is 32.2. The zero-order chi connectivity index (χ0) is 17.5. The molecular formula is C15H15F3N4OS. The van der Waals surface area contributed by atoms with Crippen molar-refractivity contribution >= 4 is 22.8 Å². The minimum absolute atomic E-state index is 0.209. The molecule has 3 rings (SSSR count). The molecule has 0 atom stereocenters. The van der Waals surface area contributed by atoms with E-state index in [1.54, 1.807) is 0 Å². The molecule has 0 amide bonds. The molecule has 1 N–H and O–H groups in total. The van der Waals surface area contributed by atoms with Crippen molar-refractivity contribution in [3.05, 3.63) is 35.5 Å². The number of fused-ring (bicyclic) bond motifs is 1. The largest absolute Gasteiger partial charge is 0.416 e. The number of nitrogens with one attached hydrogen (secondary N) is 1. The second-order valence-electron chi connectivity index (χ2n) is 6.32. The van der Waals surface area contributed by atoms with Crippen LogP contribution in [0, 0.1) is 0 Å². The molecule has 0 unspecified atom stereocenters. The van der Waals surface area contributed by atoms with Gasteiger partial charge in [0.25, 0.3) is 0 Å². The SMILES string of the molecule is CC(C)(C)c1noc(CSc2nc3ccc(C(F)(F)F)cc3[nH]2)n1. The standard InChI is InChI=1S/C15H15F3N4OS/c1-14(2,3)12-21-11(23-22-12)7-24-13-19-9-5-4-8(15(16,17)18)6-10(9)20-13/h4-6H,7H2,1-3H3,(H,19,20). The molecule has 0 aliphatic carbocycles. The van der Waals surface area contributed by atoms with Crippen molar-refractivity contribution in [3.63, 3.8) is 0 Å². The number of alkyl halides is 3. The Morgan fingerprint density at radius 1 is 1.17 bits per heavy atom. The Morgan fingerprint density at radius 3 is 2.54 bits per heavy atom. The van der Waals surface area contributed by atoms with E-state index >= 15 is 0 Å². The van der Waals surface area contributed by atoms with Crippen LogP contribution in [0.15, 0.2) is 27.9 Å². The van der Waals surface area contributed by atoms with Gasteiger partial charge in [-0.15, -0.1) is 0 Å². The summed E-state index contributed by atoms with van der Waals surface area (Å²) in [6, 6.07) is 3.42. The molecule has 5 nitrogen and oxygen atoms in total. The molecule has 24 heavy (non-hydrogen) atoms. The van der Waals surface area contributed by atoms with Crippen molar-refractivity contribution in [3.8, 4) is 0 Å². The monoisotopic (exact) mass is 356 g/mol. The number of hydrogen-bond donors (Lipinski definition) is 1. The molecule has 0 radical (unpaired) electrons. The number of nitrogens with zero attached hydrogens (tertiary/aromatic N) is 3. The predicted molar refractivity (Wildman–Crippen MR) is 83.7 cm³/mol. The Bertz CT molecular complexity index is 864. The number of halogens is 3. The molecule has 2 heterocycles. The predicted octanol–water partition coefficient (Wildman–Crippen LogP) is 4.55. The van der Waals surface area contributed by atoms with Gasteiger partial charge in [0.1, 0.15) is 0 Å². The third-order valence-corrected chi connectivity index (χ3v) is 4.12. The van der Waals surface area contributed by atoms with Gasteiger partial charge in [0, 0.05) is 5.41 Å². The zero-order valence-electron chi connectivity index (χ0n) is 13.2. The number of imidazole rings is 1. The van der Waals surface area contributed by atoms with Gasteiger partial charge in [0.15, 0.2) is 11.0 Å². The number of thioether (sulfide) groups is 1. The minimum Gasteiger partial charge on any atom is -0.338 e. The van der Waals surface area contributed by atoms with Crippen molar-refractivity contribution in [2.24, 2.45) is 0 Å². The fraction of sp³-hybridized carbons (Fsp3) is 0.400. The molecule has 0 spiro atoms. The Balaban J connectivity index is 1.75. The van der Waals surface area contributed by atoms with E-state index in [-0.39, 0.29) is 5.41 Å². The van der Waals surface area contributed by atoms with Crippen molar-refractivity contribution < 1.29 is 17.7 Å². The summed E-state index contributed by atoms with van der Waals surface area (Å²) in [5.41, 5.74) is -0.0960. The molecule has 9 heteroatoms. The highest BCUT2D eigenvalue weighted by Crippen LogP contribution is 2.32. The van der Waals surface area contributed by atoms with Crippen molar-refractivity contribution in [2.75, 3.05) is 0 Å². The summed E-state index contributed by atoms with van der Waals surface area (Å²) in [7, 11) is 0. The first kappa shape index (κ1) is 16.8. The summed E-state index contributed by atoms with van der Waals surface area (Å²) in [5.74, 6) is 1.44. The van der Waals surface area contributed by atoms with Crippen LogP contribution in [0.2, 0.25) is 0 Å². The van der Waals surface area contributed by atoms with Crippen LogP contribution in [-0.2, 0) is 17.3 Å². The molecule has 0 fully saturated rings. The summed E-state index contributed by atoms with van der Waals surface area (Å²) in [4.78, 5) is 11.4. The number of benzene rings is 1. The average Bonchev–Trinajstić information content (AvgIpc) is 3.09. The zero-order valence-corrected chi connectivity index (χ0v) is 14.0. The molecule has 3 aromatic rings. The van der Waals surface area contributed by atoms with Crippen LogP contribution >= 0.6 is 11.8 Å². The van der Waals surface area contributed by atoms with Crippen molar-refractivity contribution in [2.45, 2.75) is 43.3 Å². The van der Waals surface area contributed by atoms with Crippen LogP contribution in [0.3, 0.4) is 0 Å². The maximum absolute atomic E-state index is 12.7. The lowest BCUT2D eigenvalue weighted by Gasteiger charge is -2.10. The van der Waals surface area contributed by atoms with E-state index in [1.165, 1.54) is 17.8 Å². The van der Waals surface area contributed by atoms with E-state index < -0.39 is 11.7 Å². The Morgan fingerprint density at radius 2 is 1.92 bits per heavy atom. The Hall–Kier alpha value is -2.03. The number of hydrogen-bond acceptors (Lipinski definition) is 5. The molecule has 128 valence electrons. The third kappa shape index (κ3) is 3.55. The fourth-order valence-corrected chi connectivity index (χ4v) is 2.70. The fourth-order valence-electron chi connectivity index (χ4n) is 1.98. The lowest BCUT2D eigenvalue weighted by atomic mass is 9.96. The van der Waals surface area contributed by atoms with E-state index in [4.69, 9.17) is 4.52 Å². The number of rotatable bonds is 3. The van der Waals surface area contributed by atoms with Gasteiger partial charge >= 0.3 is 6.18 Å². The van der Waals surface area contributed by atoms with E-state index in [2.05, 4.69) is 20.1 Å². The molecule has 0 aliphatic rings.